The van der Waals surface area contributed by atoms with Gasteiger partial charge in [-0.05, 0) is 35.6 Å². The molecule has 3 nitrogen and oxygen atoms in total. The predicted molar refractivity (Wildman–Crippen MR) is 96.8 cm³/mol. The van der Waals surface area contributed by atoms with Crippen LogP contribution in [-0.4, -0.2) is 23.9 Å². The third-order valence-corrected chi connectivity index (χ3v) is 4.12. The van der Waals surface area contributed by atoms with Crippen LogP contribution in [0, 0.1) is 11.3 Å². The van der Waals surface area contributed by atoms with Crippen LogP contribution in [0.3, 0.4) is 0 Å². The lowest BCUT2D eigenvalue weighted by Gasteiger charge is -2.22. The number of carbonyl (C=O) groups excluding carboxylic acids is 1. The van der Waals surface area contributed by atoms with Crippen LogP contribution >= 0.6 is 0 Å². The highest BCUT2D eigenvalue weighted by Crippen LogP contribution is 2.16. The van der Waals surface area contributed by atoms with Crippen LogP contribution in [0.5, 0.6) is 0 Å². The Morgan fingerprint density at radius 2 is 1.71 bits per heavy atom. The normalized spacial score (nSPS) is 10.4. The molecule has 1 amide bonds. The van der Waals surface area contributed by atoms with Gasteiger partial charge in [-0.1, -0.05) is 56.3 Å². The molecule has 124 valence electrons. The first kappa shape index (κ1) is 17.7. The van der Waals surface area contributed by atoms with E-state index in [4.69, 9.17) is 5.26 Å². The zero-order chi connectivity index (χ0) is 17.4. The Bertz CT molecular complexity index is 684. The Morgan fingerprint density at radius 1 is 1.04 bits per heavy atom. The van der Waals surface area contributed by atoms with Gasteiger partial charge in [0.15, 0.2) is 0 Å². The van der Waals surface area contributed by atoms with E-state index in [0.717, 1.165) is 6.42 Å². The van der Waals surface area contributed by atoms with Gasteiger partial charge in [-0.25, -0.2) is 0 Å². The smallest absolute Gasteiger partial charge is 0.253 e. The van der Waals surface area contributed by atoms with Crippen molar-refractivity contribution in [2.45, 2.75) is 32.6 Å². The van der Waals surface area contributed by atoms with Gasteiger partial charge >= 0.3 is 0 Å². The van der Waals surface area contributed by atoms with Crippen LogP contribution in [0.4, 0.5) is 0 Å². The van der Waals surface area contributed by atoms with Gasteiger partial charge in [-0.15, -0.1) is 0 Å². The molecule has 0 aliphatic carbocycles. The number of carbonyl (C=O) groups is 1. The van der Waals surface area contributed by atoms with Crippen LogP contribution < -0.4 is 0 Å². The molecular formula is C21H24N2O. The molecule has 0 aromatic heterocycles. The van der Waals surface area contributed by atoms with Crippen LogP contribution in [-0.2, 0) is 6.42 Å². The van der Waals surface area contributed by atoms with Crippen LogP contribution in [0.1, 0.15) is 47.7 Å². The minimum absolute atomic E-state index is 0.00325. The summed E-state index contributed by atoms with van der Waals surface area (Å²) in [5.41, 5.74) is 3.10. The molecule has 0 radical (unpaired) electrons. The minimum Gasteiger partial charge on any atom is -0.337 e. The highest BCUT2D eigenvalue weighted by atomic mass is 16.2. The van der Waals surface area contributed by atoms with Crippen LogP contribution in [0.2, 0.25) is 0 Å². The van der Waals surface area contributed by atoms with Gasteiger partial charge in [0.05, 0.1) is 12.5 Å². The second kappa shape index (κ2) is 8.88. The largest absolute Gasteiger partial charge is 0.337 e. The van der Waals surface area contributed by atoms with Crippen molar-refractivity contribution in [2.24, 2.45) is 0 Å². The Labute approximate surface area is 144 Å². The van der Waals surface area contributed by atoms with E-state index < -0.39 is 0 Å². The molecule has 0 fully saturated rings. The molecule has 0 saturated carbocycles. The standard InChI is InChI=1S/C21H24N2O/c1-17(2)19-9-11-20(12-10-19)21(24)23(15-6-14-22)16-13-18-7-4-3-5-8-18/h3-5,7-12,17H,6,13,15-16H2,1-2H3. The van der Waals surface area contributed by atoms with Crippen molar-refractivity contribution < 1.29 is 4.79 Å². The molecule has 2 aromatic carbocycles. The molecule has 0 N–H and O–H groups in total. The van der Waals surface area contributed by atoms with Gasteiger partial charge in [0.2, 0.25) is 0 Å². The second-order valence-corrected chi connectivity index (χ2v) is 6.21. The molecule has 0 unspecified atom stereocenters. The maximum atomic E-state index is 12.8. The number of amides is 1. The van der Waals surface area contributed by atoms with Gasteiger partial charge in [-0.3, -0.25) is 4.79 Å². The van der Waals surface area contributed by atoms with E-state index in [1.54, 1.807) is 4.90 Å². The van der Waals surface area contributed by atoms with Gasteiger partial charge in [0.25, 0.3) is 5.91 Å². The van der Waals surface area contributed by atoms with E-state index >= 15 is 0 Å². The fourth-order valence-corrected chi connectivity index (χ4v) is 2.60. The lowest BCUT2D eigenvalue weighted by molar-refractivity contribution is 0.0761. The number of hydrogen-bond acceptors (Lipinski definition) is 2. The van der Waals surface area contributed by atoms with Crippen molar-refractivity contribution in [1.82, 2.24) is 4.90 Å². The van der Waals surface area contributed by atoms with Crippen molar-refractivity contribution in [1.29, 1.82) is 5.26 Å². The van der Waals surface area contributed by atoms with E-state index in [1.807, 2.05) is 42.5 Å². The number of benzene rings is 2. The summed E-state index contributed by atoms with van der Waals surface area (Å²) in [6.45, 7) is 5.36. The van der Waals surface area contributed by atoms with Gasteiger partial charge in [-0.2, -0.15) is 5.26 Å². The van der Waals surface area contributed by atoms with Gasteiger partial charge in [0.1, 0.15) is 0 Å². The van der Waals surface area contributed by atoms with Crippen molar-refractivity contribution in [3.63, 3.8) is 0 Å². The Balaban J connectivity index is 2.08. The average Bonchev–Trinajstić information content (AvgIpc) is 2.62. The first-order valence-corrected chi connectivity index (χ1v) is 8.42. The van der Waals surface area contributed by atoms with Crippen LogP contribution in [0.15, 0.2) is 54.6 Å². The average molecular weight is 320 g/mol. The quantitative estimate of drug-likeness (QED) is 0.758. The number of hydrogen-bond donors (Lipinski definition) is 0. The maximum absolute atomic E-state index is 12.8. The van der Waals surface area contributed by atoms with Crippen molar-refractivity contribution in [3.8, 4) is 6.07 Å². The fraction of sp³-hybridized carbons (Fsp3) is 0.333. The highest BCUT2D eigenvalue weighted by Gasteiger charge is 2.15. The van der Waals surface area contributed by atoms with Crippen molar-refractivity contribution in [3.05, 3.63) is 71.3 Å². The molecule has 3 heteroatoms. The maximum Gasteiger partial charge on any atom is 0.253 e. The van der Waals surface area contributed by atoms with Crippen molar-refractivity contribution in [2.75, 3.05) is 13.1 Å². The summed E-state index contributed by atoms with van der Waals surface area (Å²) in [4.78, 5) is 14.5. The Hall–Kier alpha value is -2.60. The molecule has 0 saturated heterocycles. The summed E-state index contributed by atoms with van der Waals surface area (Å²) in [5, 5.41) is 8.86. The third-order valence-electron chi connectivity index (χ3n) is 4.12. The van der Waals surface area contributed by atoms with E-state index in [9.17, 15) is 4.79 Å². The molecule has 2 aromatic rings. The molecule has 0 atom stereocenters. The van der Waals surface area contributed by atoms with E-state index in [0.29, 0.717) is 31.0 Å². The molecule has 0 bridgehead atoms. The zero-order valence-corrected chi connectivity index (χ0v) is 14.4. The Morgan fingerprint density at radius 3 is 2.29 bits per heavy atom. The molecule has 0 aliphatic rings. The fourth-order valence-electron chi connectivity index (χ4n) is 2.60. The van der Waals surface area contributed by atoms with Crippen molar-refractivity contribution >= 4 is 5.91 Å². The first-order valence-electron chi connectivity index (χ1n) is 8.42. The van der Waals surface area contributed by atoms with E-state index in [1.165, 1.54) is 11.1 Å². The predicted octanol–water partition coefficient (Wildman–Crippen LogP) is 4.41. The molecule has 24 heavy (non-hydrogen) atoms. The minimum atomic E-state index is -0.00325. The number of nitriles is 1. The summed E-state index contributed by atoms with van der Waals surface area (Å²) in [6.07, 6.45) is 1.15. The number of rotatable bonds is 7. The molecule has 0 heterocycles. The summed E-state index contributed by atoms with van der Waals surface area (Å²) < 4.78 is 0. The summed E-state index contributed by atoms with van der Waals surface area (Å²) in [7, 11) is 0. The third kappa shape index (κ3) is 4.96. The van der Waals surface area contributed by atoms with Gasteiger partial charge in [0, 0.05) is 18.7 Å². The second-order valence-electron chi connectivity index (χ2n) is 6.21. The highest BCUT2D eigenvalue weighted by molar-refractivity contribution is 5.94. The van der Waals surface area contributed by atoms with E-state index in [2.05, 4.69) is 32.0 Å². The topological polar surface area (TPSA) is 44.1 Å². The monoisotopic (exact) mass is 320 g/mol. The zero-order valence-electron chi connectivity index (χ0n) is 14.4. The Kier molecular flexibility index (Phi) is 6.57. The SMILES string of the molecule is CC(C)c1ccc(C(=O)N(CCC#N)CCc2ccccc2)cc1. The molecular weight excluding hydrogens is 296 g/mol. The summed E-state index contributed by atoms with van der Waals surface area (Å²) in [5.74, 6) is 0.443. The van der Waals surface area contributed by atoms with Gasteiger partial charge < -0.3 is 4.90 Å². The number of nitrogens with zero attached hydrogens (tertiary/aromatic N) is 2. The first-order chi connectivity index (χ1) is 11.6. The lowest BCUT2D eigenvalue weighted by atomic mass is 10.0. The van der Waals surface area contributed by atoms with E-state index in [-0.39, 0.29) is 5.91 Å². The van der Waals surface area contributed by atoms with Crippen LogP contribution in [0.25, 0.3) is 0 Å². The molecule has 2 rings (SSSR count). The summed E-state index contributed by atoms with van der Waals surface area (Å²) >= 11 is 0. The lowest BCUT2D eigenvalue weighted by Crippen LogP contribution is -2.33. The molecule has 0 spiro atoms. The summed E-state index contributed by atoms with van der Waals surface area (Å²) in [6, 6.07) is 20.0. The molecule has 0 aliphatic heterocycles.